The Labute approximate surface area is 196 Å². The molecular weight excluding hydrogens is 438 g/mol. The smallest absolute Gasteiger partial charge is 0.270 e. The molecule has 9 heteroatoms. The van der Waals surface area contributed by atoms with E-state index in [1.807, 2.05) is 49.6 Å². The van der Waals surface area contributed by atoms with E-state index in [1.54, 1.807) is 15.9 Å². The highest BCUT2D eigenvalue weighted by Crippen LogP contribution is 2.28. The van der Waals surface area contributed by atoms with Gasteiger partial charge < -0.3 is 9.52 Å². The predicted molar refractivity (Wildman–Crippen MR) is 127 cm³/mol. The van der Waals surface area contributed by atoms with E-state index in [9.17, 15) is 9.90 Å². The normalized spacial score (nSPS) is 12.2. The van der Waals surface area contributed by atoms with Crippen LogP contribution in [0.25, 0.3) is 11.5 Å². The van der Waals surface area contributed by atoms with Crippen molar-refractivity contribution in [2.24, 2.45) is 0 Å². The fourth-order valence-electron chi connectivity index (χ4n) is 3.90. The van der Waals surface area contributed by atoms with Crippen molar-refractivity contribution in [1.82, 2.24) is 24.7 Å². The summed E-state index contributed by atoms with van der Waals surface area (Å²) in [5.74, 6) is 0.456. The second-order valence-electron chi connectivity index (χ2n) is 7.88. The van der Waals surface area contributed by atoms with Gasteiger partial charge in [-0.3, -0.25) is 9.36 Å². The first-order valence-electron chi connectivity index (χ1n) is 11.1. The number of thiazole rings is 1. The SMILES string of the molecule is CCCCc1nc(O)c(-c2nnc(Cc3csc(C)n3)o2)c(=O)n1[C@@H](CC)c1ccccc1. The average molecular weight is 466 g/mol. The molecule has 1 aromatic carbocycles. The maximum absolute atomic E-state index is 13.7. The summed E-state index contributed by atoms with van der Waals surface area (Å²) in [5.41, 5.74) is 1.36. The van der Waals surface area contributed by atoms with E-state index in [1.165, 1.54) is 0 Å². The van der Waals surface area contributed by atoms with E-state index >= 15 is 0 Å². The third-order valence-electron chi connectivity index (χ3n) is 5.49. The summed E-state index contributed by atoms with van der Waals surface area (Å²) in [6.45, 7) is 6.03. The van der Waals surface area contributed by atoms with E-state index in [0.29, 0.717) is 31.0 Å². The molecule has 0 aliphatic heterocycles. The van der Waals surface area contributed by atoms with Crippen LogP contribution >= 0.6 is 11.3 Å². The van der Waals surface area contributed by atoms with Crippen molar-refractivity contribution in [2.45, 2.75) is 58.9 Å². The predicted octanol–water partition coefficient (Wildman–Crippen LogP) is 4.70. The number of aromatic nitrogens is 5. The first-order valence-corrected chi connectivity index (χ1v) is 12.0. The molecule has 0 aliphatic carbocycles. The minimum absolute atomic E-state index is 0.0364. The zero-order valence-corrected chi connectivity index (χ0v) is 19.8. The lowest BCUT2D eigenvalue weighted by molar-refractivity contribution is 0.425. The van der Waals surface area contributed by atoms with Crippen LogP contribution in [0.5, 0.6) is 5.88 Å². The fraction of sp³-hybridized carbons (Fsp3) is 0.375. The van der Waals surface area contributed by atoms with Crippen LogP contribution in [0.2, 0.25) is 0 Å². The third-order valence-corrected chi connectivity index (χ3v) is 6.31. The molecule has 3 heterocycles. The topological polar surface area (TPSA) is 107 Å². The summed E-state index contributed by atoms with van der Waals surface area (Å²) in [5, 5.41) is 21.7. The standard InChI is InChI=1S/C24H27N5O3S/c1-4-6-12-19-26-22(30)21(23-28-27-20(32-23)13-17-14-33-15(3)25-17)24(31)29(19)18(5-2)16-10-8-7-9-11-16/h7-11,14,18,30H,4-6,12-13H2,1-3H3/t18-/m0/s1. The lowest BCUT2D eigenvalue weighted by atomic mass is 10.0. The molecule has 0 spiro atoms. The molecule has 8 nitrogen and oxygen atoms in total. The molecule has 33 heavy (non-hydrogen) atoms. The molecule has 0 saturated heterocycles. The Morgan fingerprint density at radius 1 is 1.15 bits per heavy atom. The van der Waals surface area contributed by atoms with Gasteiger partial charge >= 0.3 is 0 Å². The summed E-state index contributed by atoms with van der Waals surface area (Å²) in [4.78, 5) is 22.6. The minimum Gasteiger partial charge on any atom is -0.493 e. The zero-order valence-electron chi connectivity index (χ0n) is 19.0. The Bertz CT molecular complexity index is 1280. The molecule has 0 fully saturated rings. The quantitative estimate of drug-likeness (QED) is 0.382. The van der Waals surface area contributed by atoms with Crippen molar-refractivity contribution in [2.75, 3.05) is 0 Å². The number of benzene rings is 1. The monoisotopic (exact) mass is 465 g/mol. The van der Waals surface area contributed by atoms with E-state index in [0.717, 1.165) is 29.1 Å². The summed E-state index contributed by atoms with van der Waals surface area (Å²) < 4.78 is 7.44. The Morgan fingerprint density at radius 3 is 2.61 bits per heavy atom. The van der Waals surface area contributed by atoms with Gasteiger partial charge in [-0.25, -0.2) is 4.98 Å². The highest BCUT2D eigenvalue weighted by atomic mass is 32.1. The van der Waals surface area contributed by atoms with Gasteiger partial charge in [0.1, 0.15) is 5.82 Å². The molecule has 0 amide bonds. The second-order valence-corrected chi connectivity index (χ2v) is 8.94. The summed E-state index contributed by atoms with van der Waals surface area (Å²) >= 11 is 1.54. The fourth-order valence-corrected chi connectivity index (χ4v) is 4.51. The summed E-state index contributed by atoms with van der Waals surface area (Å²) in [6.07, 6.45) is 3.43. The van der Waals surface area contributed by atoms with Crippen LogP contribution in [0.1, 0.15) is 67.1 Å². The molecule has 3 aromatic heterocycles. The molecule has 0 bridgehead atoms. The van der Waals surface area contributed by atoms with Crippen LogP contribution in [-0.4, -0.2) is 29.8 Å². The maximum atomic E-state index is 13.7. The van der Waals surface area contributed by atoms with Crippen LogP contribution < -0.4 is 5.56 Å². The van der Waals surface area contributed by atoms with Crippen molar-refractivity contribution < 1.29 is 9.52 Å². The molecule has 1 N–H and O–H groups in total. The summed E-state index contributed by atoms with van der Waals surface area (Å²) in [7, 11) is 0. The number of rotatable bonds is 9. The Kier molecular flexibility index (Phi) is 6.98. The van der Waals surface area contributed by atoms with Gasteiger partial charge in [0.25, 0.3) is 11.4 Å². The molecule has 1 atom stereocenters. The van der Waals surface area contributed by atoms with Gasteiger partial charge in [0.2, 0.25) is 11.8 Å². The van der Waals surface area contributed by atoms with E-state index in [4.69, 9.17) is 4.42 Å². The molecule has 4 rings (SSSR count). The molecule has 4 aromatic rings. The highest BCUT2D eigenvalue weighted by Gasteiger charge is 2.26. The van der Waals surface area contributed by atoms with Gasteiger partial charge in [-0.2, -0.15) is 4.98 Å². The average Bonchev–Trinajstić information content (AvgIpc) is 3.44. The highest BCUT2D eigenvalue weighted by molar-refractivity contribution is 7.09. The maximum Gasteiger partial charge on any atom is 0.270 e. The molecular formula is C24H27N5O3S. The van der Waals surface area contributed by atoms with Gasteiger partial charge in [0, 0.05) is 11.8 Å². The first kappa shape index (κ1) is 22.8. The number of aromatic hydroxyl groups is 1. The second kappa shape index (κ2) is 10.1. The van der Waals surface area contributed by atoms with E-state index in [-0.39, 0.29) is 28.9 Å². The van der Waals surface area contributed by atoms with Gasteiger partial charge in [0.05, 0.1) is 23.2 Å². The van der Waals surface area contributed by atoms with Gasteiger partial charge in [-0.15, -0.1) is 21.5 Å². The molecule has 172 valence electrons. The summed E-state index contributed by atoms with van der Waals surface area (Å²) in [6, 6.07) is 9.62. The molecule has 0 radical (unpaired) electrons. The van der Waals surface area contributed by atoms with Crippen LogP contribution in [0, 0.1) is 6.92 Å². The number of unbranched alkanes of at least 4 members (excludes halogenated alkanes) is 1. The Balaban J connectivity index is 1.79. The van der Waals surface area contributed by atoms with Crippen molar-refractivity contribution in [3.05, 3.63) is 74.0 Å². The number of hydrogen-bond acceptors (Lipinski definition) is 8. The van der Waals surface area contributed by atoms with Crippen LogP contribution in [-0.2, 0) is 12.8 Å². The van der Waals surface area contributed by atoms with Crippen molar-refractivity contribution in [1.29, 1.82) is 0 Å². The van der Waals surface area contributed by atoms with Gasteiger partial charge in [0.15, 0.2) is 5.56 Å². The molecule has 0 aliphatic rings. The lowest BCUT2D eigenvalue weighted by Gasteiger charge is -2.23. The molecule has 0 unspecified atom stereocenters. The van der Waals surface area contributed by atoms with Crippen LogP contribution in [0.15, 0.2) is 44.9 Å². The Morgan fingerprint density at radius 2 is 1.94 bits per heavy atom. The number of nitrogens with zero attached hydrogens (tertiary/aromatic N) is 5. The first-order chi connectivity index (χ1) is 16.0. The number of aryl methyl sites for hydroxylation is 2. The van der Waals surface area contributed by atoms with Crippen molar-refractivity contribution in [3.63, 3.8) is 0 Å². The third kappa shape index (κ3) is 4.88. The van der Waals surface area contributed by atoms with E-state index < -0.39 is 0 Å². The lowest BCUT2D eigenvalue weighted by Crippen LogP contribution is -2.31. The largest absolute Gasteiger partial charge is 0.493 e. The van der Waals surface area contributed by atoms with Gasteiger partial charge in [-0.05, 0) is 25.3 Å². The molecule has 0 saturated carbocycles. The van der Waals surface area contributed by atoms with E-state index in [2.05, 4.69) is 27.1 Å². The van der Waals surface area contributed by atoms with Gasteiger partial charge in [-0.1, -0.05) is 50.6 Å². The minimum atomic E-state index is -0.385. The Hall–Kier alpha value is -3.33. The van der Waals surface area contributed by atoms with Crippen LogP contribution in [0.3, 0.4) is 0 Å². The van der Waals surface area contributed by atoms with Crippen molar-refractivity contribution >= 4 is 11.3 Å². The van der Waals surface area contributed by atoms with Crippen LogP contribution in [0.4, 0.5) is 0 Å². The van der Waals surface area contributed by atoms with Crippen molar-refractivity contribution in [3.8, 4) is 17.3 Å². The number of hydrogen-bond donors (Lipinski definition) is 1. The zero-order chi connectivity index (χ0) is 23.4.